The quantitative estimate of drug-likeness (QED) is 0.0953. The van der Waals surface area contributed by atoms with Gasteiger partial charge in [0.1, 0.15) is 19.6 Å². The average Bonchev–Trinajstić information content (AvgIpc) is 2.61. The van der Waals surface area contributed by atoms with Crippen LogP contribution in [0.5, 0.6) is 0 Å². The summed E-state index contributed by atoms with van der Waals surface area (Å²) in [6, 6.07) is 4.98. The van der Waals surface area contributed by atoms with Crippen LogP contribution in [0.15, 0.2) is 56.0 Å². The monoisotopic (exact) mass is 618 g/mol. The third kappa shape index (κ3) is 6.71. The van der Waals surface area contributed by atoms with Gasteiger partial charge in [-0.25, -0.2) is 0 Å². The van der Waals surface area contributed by atoms with E-state index < -0.39 is 60.1 Å². The molecule has 0 aromatic heterocycles. The second-order valence-electron chi connectivity index (χ2n) is 6.72. The molecule has 4 rings (SSSR count). The zero-order valence-corrected chi connectivity index (χ0v) is 30.4. The van der Waals surface area contributed by atoms with E-state index in [1.165, 1.54) is 0 Å². The maximum atomic E-state index is 11.9. The fourth-order valence-electron chi connectivity index (χ4n) is 3.72. The molecule has 0 saturated carbocycles. The van der Waals surface area contributed by atoms with Gasteiger partial charge in [0.05, 0.1) is 0 Å². The van der Waals surface area contributed by atoms with E-state index in [0.717, 1.165) is 24.3 Å². The van der Waals surface area contributed by atoms with Gasteiger partial charge in [0.2, 0.25) is 0 Å². The van der Waals surface area contributed by atoms with Gasteiger partial charge in [-0.1, -0.05) is 24.3 Å². The summed E-state index contributed by atoms with van der Waals surface area (Å²) in [5, 5.41) is -2.11. The molecule has 0 unspecified atom stereocenters. The normalized spacial score (nSPS) is 12.4. The molecule has 0 aliphatic carbocycles. The van der Waals surface area contributed by atoms with Crippen LogP contribution in [0.4, 0.5) is 0 Å². The van der Waals surface area contributed by atoms with Gasteiger partial charge < -0.3 is 5.71 Å². The Morgan fingerprint density at radius 1 is 0.417 bits per heavy atom. The van der Waals surface area contributed by atoms with Crippen molar-refractivity contribution < 1.29 is 176 Å². The summed E-state index contributed by atoms with van der Waals surface area (Å²) in [5.41, 5.74) is 0. The molecule has 0 radical (unpaired) electrons. The fourth-order valence-corrected chi connectivity index (χ4v) is 6.73. The van der Waals surface area contributed by atoms with Crippen LogP contribution in [0.25, 0.3) is 32.3 Å². The summed E-state index contributed by atoms with van der Waals surface area (Å²) in [5.74, 6) is 0. The van der Waals surface area contributed by atoms with E-state index >= 15 is 0 Å². The molecule has 0 aliphatic heterocycles. The van der Waals surface area contributed by atoms with Crippen LogP contribution in [0, 0.1) is 0 Å². The van der Waals surface area contributed by atoms with Crippen LogP contribution in [-0.2, 0) is 40.5 Å². The molecule has 4 N–H and O–H groups in total. The van der Waals surface area contributed by atoms with Gasteiger partial charge in [-0.2, -0.15) is 33.7 Å². The Labute approximate surface area is 300 Å². The molecule has 0 aliphatic rings. The largest absolute Gasteiger partial charge is 1.00 e. The first kappa shape index (κ1) is 37.6. The van der Waals surface area contributed by atoms with Gasteiger partial charge in [-0.05, 0) is 12.1 Å². The molecule has 12 nitrogen and oxygen atoms in total. The summed E-state index contributed by atoms with van der Waals surface area (Å²) < 4.78 is 134. The van der Waals surface area contributed by atoms with Crippen molar-refractivity contribution in [2.45, 2.75) is 19.6 Å². The average molecular weight is 619 g/mol. The van der Waals surface area contributed by atoms with E-state index in [0.29, 0.717) is 12.1 Å². The Kier molecular flexibility index (Phi) is 12.7. The molecule has 4 aromatic carbocycles. The van der Waals surface area contributed by atoms with Crippen molar-refractivity contribution in [3.8, 4) is 0 Å². The smallest absolute Gasteiger partial charge is 1.00 e. The molecule has 4 aromatic rings. The minimum absolute atomic E-state index is 0. The number of hydrogen-bond acceptors (Lipinski definition) is 8. The van der Waals surface area contributed by atoms with Crippen LogP contribution >= 0.6 is 0 Å². The second kappa shape index (κ2) is 12.2. The van der Waals surface area contributed by atoms with Crippen LogP contribution < -0.4 is 118 Å². The van der Waals surface area contributed by atoms with Crippen LogP contribution in [0.3, 0.4) is 0 Å². The van der Waals surface area contributed by atoms with Crippen molar-refractivity contribution in [2.75, 3.05) is 0 Å². The molecule has 36 heavy (non-hydrogen) atoms. The van der Waals surface area contributed by atoms with E-state index in [-0.39, 0.29) is 156 Å². The Bertz CT molecular complexity index is 1670. The standard InChI is InChI=1S/C16H10O12S4.4Na.4H/c17-29(18,19)11-5-13(31(23,24)25)9-3-4-10-14(32(26,27)28)6-12(30(20,21)22)8-2-1-7(11)15(9)16(8)10;;;;;;;;/h1-6H,(H,17,18,19)(H,20,21,22)(H,23,24,25)(H,26,27,28);;;;;;;;/q;4*+1;4*-1. The summed E-state index contributed by atoms with van der Waals surface area (Å²) >= 11 is 0. The Balaban J connectivity index is -0.000000510. The number of benzene rings is 4. The third-order valence-corrected chi connectivity index (χ3v) is 8.43. The zero-order valence-electron chi connectivity index (χ0n) is 23.2. The predicted molar refractivity (Wildman–Crippen MR) is 114 cm³/mol. The molecule has 20 heteroatoms. The van der Waals surface area contributed by atoms with Gasteiger partial charge in [0, 0.05) is 32.3 Å². The van der Waals surface area contributed by atoms with Crippen LogP contribution in [0.2, 0.25) is 0 Å². The minimum Gasteiger partial charge on any atom is -1.00 e. The van der Waals surface area contributed by atoms with Crippen LogP contribution in [-0.4, -0.2) is 51.9 Å². The van der Waals surface area contributed by atoms with Gasteiger partial charge in [-0.15, -0.1) is 0 Å². The molecule has 0 bridgehead atoms. The van der Waals surface area contributed by atoms with Crippen LogP contribution in [0.1, 0.15) is 5.71 Å². The first-order valence-electron chi connectivity index (χ1n) is 8.11. The van der Waals surface area contributed by atoms with Crippen molar-refractivity contribution >= 4 is 72.8 Å². The maximum absolute atomic E-state index is 11.9. The molecule has 0 atom stereocenters. The summed E-state index contributed by atoms with van der Waals surface area (Å²) in [6.45, 7) is 0. The van der Waals surface area contributed by atoms with Gasteiger partial charge in [0.25, 0.3) is 40.5 Å². The van der Waals surface area contributed by atoms with Crippen molar-refractivity contribution in [3.63, 3.8) is 0 Å². The maximum Gasteiger partial charge on any atom is 1.00 e. The van der Waals surface area contributed by atoms with Gasteiger partial charge in [0.15, 0.2) is 0 Å². The van der Waals surface area contributed by atoms with Crippen molar-refractivity contribution in [3.05, 3.63) is 36.4 Å². The first-order chi connectivity index (χ1) is 14.4. The number of rotatable bonds is 4. The number of hydrogen-bond donors (Lipinski definition) is 4. The van der Waals surface area contributed by atoms with Crippen molar-refractivity contribution in [2.24, 2.45) is 0 Å². The van der Waals surface area contributed by atoms with Gasteiger partial charge >= 0.3 is 118 Å². The molecule has 0 saturated heterocycles. The molecule has 0 heterocycles. The van der Waals surface area contributed by atoms with E-state index in [9.17, 15) is 51.9 Å². The Morgan fingerprint density at radius 3 is 0.722 bits per heavy atom. The van der Waals surface area contributed by atoms with E-state index in [1.807, 2.05) is 0 Å². The molecule has 0 fully saturated rings. The minimum atomic E-state index is -5.10. The zero-order chi connectivity index (χ0) is 24.0. The summed E-state index contributed by atoms with van der Waals surface area (Å²) in [6.07, 6.45) is 0. The molecular formula is C16H14Na4O12S4. The molecule has 178 valence electrons. The first-order valence-corrected chi connectivity index (χ1v) is 13.9. The summed E-state index contributed by atoms with van der Waals surface area (Å²) in [7, 11) is -20.4. The third-order valence-electron chi connectivity index (χ3n) is 4.86. The molecule has 0 amide bonds. The second-order valence-corrected chi connectivity index (χ2v) is 12.3. The summed E-state index contributed by atoms with van der Waals surface area (Å²) in [4.78, 5) is -3.90. The predicted octanol–water partition coefficient (Wildman–Crippen LogP) is -9.96. The Morgan fingerprint density at radius 2 is 0.583 bits per heavy atom. The topological polar surface area (TPSA) is 217 Å². The van der Waals surface area contributed by atoms with E-state index in [1.54, 1.807) is 0 Å². The van der Waals surface area contributed by atoms with E-state index in [4.69, 9.17) is 0 Å². The van der Waals surface area contributed by atoms with Crippen molar-refractivity contribution in [1.82, 2.24) is 0 Å². The SMILES string of the molecule is O=S(=O)(O)c1cc(S(=O)(=O)O)c2ccc3c(S(=O)(=O)O)cc(S(=O)(=O)O)c4ccc1c2c43.[H-].[H-].[H-].[H-].[Na+].[Na+].[Na+].[Na+]. The fraction of sp³-hybridized carbons (Fsp3) is 0. The van der Waals surface area contributed by atoms with Gasteiger partial charge in [-0.3, -0.25) is 18.2 Å². The van der Waals surface area contributed by atoms with Crippen molar-refractivity contribution in [1.29, 1.82) is 0 Å². The Hall–Kier alpha value is 1.56. The van der Waals surface area contributed by atoms with E-state index in [2.05, 4.69) is 0 Å². The molecular weight excluding hydrogens is 604 g/mol. The molecule has 0 spiro atoms.